The molecule has 1 atom stereocenters. The largest absolute Gasteiger partial charge is 0.383 e. The first-order chi connectivity index (χ1) is 9.61. The van der Waals surface area contributed by atoms with Crippen LogP contribution in [0.25, 0.3) is 0 Å². The maximum Gasteiger partial charge on any atom is 0.241 e. The second kappa shape index (κ2) is 10.2. The van der Waals surface area contributed by atoms with Crippen molar-refractivity contribution in [2.45, 2.75) is 19.4 Å². The van der Waals surface area contributed by atoms with Gasteiger partial charge >= 0.3 is 0 Å². The van der Waals surface area contributed by atoms with Gasteiger partial charge in [-0.05, 0) is 13.3 Å². The van der Waals surface area contributed by atoms with E-state index >= 15 is 0 Å². The zero-order chi connectivity index (χ0) is 14.5. The molecule has 1 saturated heterocycles. The molecule has 0 spiro atoms. The number of carbonyl (C=O) groups is 1. The van der Waals surface area contributed by atoms with Crippen LogP contribution in [-0.4, -0.2) is 66.1 Å². The van der Waals surface area contributed by atoms with Crippen molar-refractivity contribution in [1.82, 2.24) is 14.3 Å². The highest BCUT2D eigenvalue weighted by Gasteiger charge is 2.24. The second-order valence-electron chi connectivity index (χ2n) is 4.85. The van der Waals surface area contributed by atoms with E-state index in [-0.39, 0.29) is 37.3 Å². The number of ether oxygens (including phenoxy) is 1. The van der Waals surface area contributed by atoms with Crippen LogP contribution in [0.5, 0.6) is 0 Å². The van der Waals surface area contributed by atoms with Gasteiger partial charge in [-0.2, -0.15) is 4.37 Å². The van der Waals surface area contributed by atoms with Gasteiger partial charge in [0.25, 0.3) is 0 Å². The molecule has 2 rings (SSSR count). The Morgan fingerprint density at radius 1 is 1.36 bits per heavy atom. The van der Waals surface area contributed by atoms with Gasteiger partial charge < -0.3 is 20.3 Å². The summed E-state index contributed by atoms with van der Waals surface area (Å²) in [4.78, 5) is 20.6. The van der Waals surface area contributed by atoms with E-state index in [1.807, 2.05) is 11.8 Å². The maximum absolute atomic E-state index is 12.2. The van der Waals surface area contributed by atoms with Gasteiger partial charge in [-0.15, -0.1) is 24.8 Å². The van der Waals surface area contributed by atoms with Gasteiger partial charge in [0.1, 0.15) is 11.9 Å². The number of anilines is 1. The molecule has 1 aromatic heterocycles. The van der Waals surface area contributed by atoms with E-state index in [0.29, 0.717) is 6.54 Å². The van der Waals surface area contributed by atoms with Crippen LogP contribution in [0.4, 0.5) is 5.13 Å². The molecule has 1 aromatic rings. The van der Waals surface area contributed by atoms with Crippen molar-refractivity contribution in [3.8, 4) is 0 Å². The Labute approximate surface area is 147 Å². The molecule has 1 aliphatic heterocycles. The quantitative estimate of drug-likeness (QED) is 0.838. The van der Waals surface area contributed by atoms with Crippen LogP contribution in [0, 0.1) is 6.92 Å². The first-order valence-electron chi connectivity index (χ1n) is 6.70. The standard InChI is InChI=1S/C12H21N5O2S.2ClH/c1-9-14-12(20-15-9)17-5-3-4-16(6-7-17)11(18)10(13)8-19-2;;/h10H,3-8,13H2,1-2H3;2*1H. The van der Waals surface area contributed by atoms with Gasteiger partial charge in [-0.3, -0.25) is 4.79 Å². The number of halogens is 2. The molecule has 2 N–H and O–H groups in total. The van der Waals surface area contributed by atoms with E-state index in [1.165, 1.54) is 11.5 Å². The average molecular weight is 372 g/mol. The summed E-state index contributed by atoms with van der Waals surface area (Å²) in [5.41, 5.74) is 5.81. The second-order valence-corrected chi connectivity index (χ2v) is 5.58. The normalized spacial score (nSPS) is 16.3. The summed E-state index contributed by atoms with van der Waals surface area (Å²) in [6.45, 7) is 5.18. The molecule has 1 fully saturated rings. The van der Waals surface area contributed by atoms with Crippen LogP contribution >= 0.6 is 36.3 Å². The molecule has 0 aromatic carbocycles. The van der Waals surface area contributed by atoms with Crippen LogP contribution in [0.2, 0.25) is 0 Å². The summed E-state index contributed by atoms with van der Waals surface area (Å²) < 4.78 is 9.14. The van der Waals surface area contributed by atoms with Crippen molar-refractivity contribution < 1.29 is 9.53 Å². The minimum atomic E-state index is -0.574. The summed E-state index contributed by atoms with van der Waals surface area (Å²) >= 11 is 1.41. The van der Waals surface area contributed by atoms with Crippen LogP contribution in [-0.2, 0) is 9.53 Å². The van der Waals surface area contributed by atoms with Gasteiger partial charge in [0.2, 0.25) is 11.0 Å². The van der Waals surface area contributed by atoms with Gasteiger partial charge in [-0.1, -0.05) is 0 Å². The molecule has 10 heteroatoms. The number of nitrogens with zero attached hydrogens (tertiary/aromatic N) is 4. The van der Waals surface area contributed by atoms with Crippen molar-refractivity contribution in [1.29, 1.82) is 0 Å². The summed E-state index contributed by atoms with van der Waals surface area (Å²) in [6.07, 6.45) is 0.907. The molecule has 7 nitrogen and oxygen atoms in total. The molecule has 0 aliphatic carbocycles. The number of carbonyl (C=O) groups excluding carboxylic acids is 1. The van der Waals surface area contributed by atoms with E-state index in [4.69, 9.17) is 10.5 Å². The van der Waals surface area contributed by atoms with Crippen molar-refractivity contribution in [3.05, 3.63) is 5.82 Å². The molecule has 128 valence electrons. The number of methoxy groups -OCH3 is 1. The molecule has 1 amide bonds. The Kier molecular flexibility index (Phi) is 9.86. The summed E-state index contributed by atoms with van der Waals surface area (Å²) in [6, 6.07) is -0.574. The third kappa shape index (κ3) is 5.51. The number of rotatable bonds is 4. The Morgan fingerprint density at radius 3 is 2.68 bits per heavy atom. The third-order valence-electron chi connectivity index (χ3n) is 3.26. The molecular formula is C12H23Cl2N5O2S. The van der Waals surface area contributed by atoms with Crippen molar-refractivity contribution in [2.75, 3.05) is 44.8 Å². The fraction of sp³-hybridized carbons (Fsp3) is 0.750. The van der Waals surface area contributed by atoms with E-state index in [9.17, 15) is 4.79 Å². The number of hydrogen-bond acceptors (Lipinski definition) is 7. The monoisotopic (exact) mass is 371 g/mol. The molecule has 0 bridgehead atoms. The third-order valence-corrected chi connectivity index (χ3v) is 4.13. The van der Waals surface area contributed by atoms with E-state index < -0.39 is 6.04 Å². The van der Waals surface area contributed by atoms with Gasteiger partial charge in [-0.25, -0.2) is 4.98 Å². The van der Waals surface area contributed by atoms with Crippen LogP contribution in [0.3, 0.4) is 0 Å². The van der Waals surface area contributed by atoms with Crippen LogP contribution < -0.4 is 10.6 Å². The van der Waals surface area contributed by atoms with Crippen molar-refractivity contribution >= 4 is 47.4 Å². The van der Waals surface area contributed by atoms with Crippen molar-refractivity contribution in [3.63, 3.8) is 0 Å². The number of hydrogen-bond donors (Lipinski definition) is 1. The van der Waals surface area contributed by atoms with E-state index in [2.05, 4.69) is 14.3 Å². The van der Waals surface area contributed by atoms with Crippen LogP contribution in [0.1, 0.15) is 12.2 Å². The fourth-order valence-corrected chi connectivity index (χ4v) is 2.95. The Bertz CT molecular complexity index is 462. The summed E-state index contributed by atoms with van der Waals surface area (Å²) in [5, 5.41) is 0.929. The summed E-state index contributed by atoms with van der Waals surface area (Å²) in [7, 11) is 1.55. The predicted molar refractivity (Wildman–Crippen MR) is 92.4 cm³/mol. The lowest BCUT2D eigenvalue weighted by atomic mass is 10.2. The van der Waals surface area contributed by atoms with Gasteiger partial charge in [0.05, 0.1) is 6.61 Å². The zero-order valence-electron chi connectivity index (χ0n) is 12.7. The van der Waals surface area contributed by atoms with E-state index in [1.54, 1.807) is 7.11 Å². The first-order valence-corrected chi connectivity index (χ1v) is 7.47. The smallest absolute Gasteiger partial charge is 0.241 e. The van der Waals surface area contributed by atoms with Gasteiger partial charge in [0, 0.05) is 44.8 Å². The lowest BCUT2D eigenvalue weighted by Crippen LogP contribution is -2.47. The SMILES string of the molecule is COCC(N)C(=O)N1CCCN(c2nc(C)ns2)CC1.Cl.Cl. The Balaban J connectivity index is 0.00000220. The minimum absolute atomic E-state index is 0. The number of amides is 1. The highest BCUT2D eigenvalue weighted by atomic mass is 35.5. The molecular weight excluding hydrogens is 349 g/mol. The molecule has 0 radical (unpaired) electrons. The predicted octanol–water partition coefficient (Wildman–Crippen LogP) is 0.703. The molecule has 1 unspecified atom stereocenters. The first kappa shape index (κ1) is 21.3. The zero-order valence-corrected chi connectivity index (χ0v) is 15.2. The fourth-order valence-electron chi connectivity index (χ4n) is 2.23. The molecule has 2 heterocycles. The molecule has 1 aliphatic rings. The molecule has 0 saturated carbocycles. The average Bonchev–Trinajstić information content (AvgIpc) is 2.72. The van der Waals surface area contributed by atoms with Gasteiger partial charge in [0.15, 0.2) is 0 Å². The molecule has 22 heavy (non-hydrogen) atoms. The lowest BCUT2D eigenvalue weighted by molar-refractivity contribution is -0.133. The number of nitrogens with two attached hydrogens (primary N) is 1. The highest BCUT2D eigenvalue weighted by molar-refractivity contribution is 7.09. The summed E-state index contributed by atoms with van der Waals surface area (Å²) in [5.74, 6) is 0.756. The number of aromatic nitrogens is 2. The lowest BCUT2D eigenvalue weighted by Gasteiger charge is -2.24. The maximum atomic E-state index is 12.2. The minimum Gasteiger partial charge on any atom is -0.383 e. The topological polar surface area (TPSA) is 84.6 Å². The van der Waals surface area contributed by atoms with Crippen LogP contribution in [0.15, 0.2) is 0 Å². The van der Waals surface area contributed by atoms with Crippen molar-refractivity contribution in [2.24, 2.45) is 5.73 Å². The number of aryl methyl sites for hydroxylation is 1. The Hall–Kier alpha value is -0.670. The highest BCUT2D eigenvalue weighted by Crippen LogP contribution is 2.18. The Morgan fingerprint density at radius 2 is 2.09 bits per heavy atom. The van der Waals surface area contributed by atoms with E-state index in [0.717, 1.165) is 37.0 Å².